The van der Waals surface area contributed by atoms with E-state index in [1.54, 1.807) is 25.4 Å². The average molecular weight is 393 g/mol. The Morgan fingerprint density at radius 2 is 1.85 bits per heavy atom. The lowest BCUT2D eigenvalue weighted by molar-refractivity contribution is 0.254. The molecule has 0 atom stereocenters. The molecule has 1 fully saturated rings. The van der Waals surface area contributed by atoms with Gasteiger partial charge in [-0.2, -0.15) is 0 Å². The minimum atomic E-state index is -3.69. The number of hydrogen-bond acceptors (Lipinski definition) is 6. The van der Waals surface area contributed by atoms with Gasteiger partial charge in [-0.05, 0) is 43.7 Å². The van der Waals surface area contributed by atoms with E-state index in [4.69, 9.17) is 0 Å². The van der Waals surface area contributed by atoms with E-state index in [1.807, 2.05) is 0 Å². The molecule has 1 aromatic carbocycles. The van der Waals surface area contributed by atoms with E-state index in [0.717, 1.165) is 44.7 Å². The molecule has 1 saturated heterocycles. The largest absolute Gasteiger partial charge is 0.338 e. The Hall–Kier alpha value is -2.10. The fourth-order valence-corrected chi connectivity index (χ4v) is 4.40. The van der Waals surface area contributed by atoms with E-state index < -0.39 is 15.8 Å². The van der Waals surface area contributed by atoms with Gasteiger partial charge < -0.3 is 4.90 Å². The lowest BCUT2D eigenvalue weighted by Gasteiger charge is -2.34. The molecule has 1 aromatic heterocycles. The van der Waals surface area contributed by atoms with Gasteiger partial charge in [0.25, 0.3) is 0 Å². The number of rotatable bonds is 7. The number of halogens is 1. The Morgan fingerprint density at radius 3 is 2.56 bits per heavy atom. The molecule has 0 spiro atoms. The van der Waals surface area contributed by atoms with Crippen molar-refractivity contribution in [2.45, 2.75) is 18.2 Å². The molecule has 146 valence electrons. The van der Waals surface area contributed by atoms with E-state index in [-0.39, 0.29) is 4.90 Å². The normalized spacial score (nSPS) is 15.9. The van der Waals surface area contributed by atoms with Gasteiger partial charge in [0.2, 0.25) is 16.0 Å². The van der Waals surface area contributed by atoms with Crippen LogP contribution in [-0.4, -0.2) is 62.6 Å². The molecule has 27 heavy (non-hydrogen) atoms. The van der Waals surface area contributed by atoms with Gasteiger partial charge in [0.1, 0.15) is 5.82 Å². The molecule has 0 aliphatic carbocycles. The van der Waals surface area contributed by atoms with Crippen LogP contribution < -0.4 is 9.62 Å². The number of benzene rings is 1. The van der Waals surface area contributed by atoms with Gasteiger partial charge in [-0.1, -0.05) is 6.07 Å². The maximum absolute atomic E-state index is 13.4. The van der Waals surface area contributed by atoms with Crippen molar-refractivity contribution in [1.82, 2.24) is 19.6 Å². The second kappa shape index (κ2) is 8.73. The van der Waals surface area contributed by atoms with Crippen molar-refractivity contribution in [2.75, 3.05) is 44.2 Å². The first-order valence-electron chi connectivity index (χ1n) is 8.96. The van der Waals surface area contributed by atoms with Gasteiger partial charge in [-0.3, -0.25) is 4.90 Å². The minimum Gasteiger partial charge on any atom is -0.338 e. The molecule has 1 N–H and O–H groups in total. The molecule has 0 bridgehead atoms. The van der Waals surface area contributed by atoms with Gasteiger partial charge in [-0.15, -0.1) is 0 Å². The monoisotopic (exact) mass is 393 g/mol. The van der Waals surface area contributed by atoms with Crippen LogP contribution in [0.4, 0.5) is 10.3 Å². The molecule has 0 radical (unpaired) electrons. The molecular weight excluding hydrogens is 369 g/mol. The van der Waals surface area contributed by atoms with Crippen LogP contribution in [0.15, 0.2) is 41.6 Å². The first-order chi connectivity index (χ1) is 13.0. The summed E-state index contributed by atoms with van der Waals surface area (Å²) in [5, 5.41) is 0. The lowest BCUT2D eigenvalue weighted by atomic mass is 10.2. The molecule has 0 amide bonds. The number of sulfonamides is 1. The predicted molar refractivity (Wildman–Crippen MR) is 102 cm³/mol. The van der Waals surface area contributed by atoms with Crippen LogP contribution in [0.1, 0.15) is 12.0 Å². The maximum atomic E-state index is 13.4. The summed E-state index contributed by atoms with van der Waals surface area (Å²) in [4.78, 5) is 13.0. The van der Waals surface area contributed by atoms with Crippen molar-refractivity contribution in [2.24, 2.45) is 0 Å². The fourth-order valence-electron chi connectivity index (χ4n) is 3.08. The summed E-state index contributed by atoms with van der Waals surface area (Å²) in [7, 11) is -3.69. The molecular formula is C18H24FN5O2S. The molecule has 9 heteroatoms. The summed E-state index contributed by atoms with van der Waals surface area (Å²) in [5.74, 6) is 0.191. The van der Waals surface area contributed by atoms with Crippen LogP contribution in [-0.2, 0) is 10.0 Å². The Balaban J connectivity index is 1.42. The van der Waals surface area contributed by atoms with Crippen LogP contribution in [0.2, 0.25) is 0 Å². The third-order valence-electron chi connectivity index (χ3n) is 4.59. The highest BCUT2D eigenvalue weighted by Gasteiger charge is 2.20. The van der Waals surface area contributed by atoms with Crippen molar-refractivity contribution in [3.05, 3.63) is 48.0 Å². The number of hydrogen-bond donors (Lipinski definition) is 1. The van der Waals surface area contributed by atoms with E-state index in [9.17, 15) is 12.8 Å². The van der Waals surface area contributed by atoms with Crippen LogP contribution in [0.3, 0.4) is 0 Å². The number of piperazine rings is 1. The van der Waals surface area contributed by atoms with Crippen molar-refractivity contribution >= 4 is 16.0 Å². The average Bonchev–Trinajstić information content (AvgIpc) is 2.68. The highest BCUT2D eigenvalue weighted by molar-refractivity contribution is 7.89. The molecule has 1 aliphatic heterocycles. The molecule has 7 nitrogen and oxygen atoms in total. The predicted octanol–water partition coefficient (Wildman–Crippen LogP) is 1.41. The summed E-state index contributed by atoms with van der Waals surface area (Å²) in [6, 6.07) is 5.59. The minimum absolute atomic E-state index is 0.000949. The number of nitrogens with zero attached hydrogens (tertiary/aromatic N) is 4. The third-order valence-corrected chi connectivity index (χ3v) is 6.19. The standard InChI is InChI=1S/C18H24FN5O2S/c1-15-4-5-16(19)14-17(15)27(25,26)22-8-3-9-23-10-12-24(13-11-23)18-20-6-2-7-21-18/h2,4-7,14,22H,3,8-13H2,1H3. The van der Waals surface area contributed by atoms with Crippen molar-refractivity contribution in [1.29, 1.82) is 0 Å². The zero-order chi connectivity index (χ0) is 19.3. The molecule has 1 aliphatic rings. The fraction of sp³-hybridized carbons (Fsp3) is 0.444. The summed E-state index contributed by atoms with van der Waals surface area (Å²) in [6.45, 7) is 6.23. The van der Waals surface area contributed by atoms with Gasteiger partial charge in [0.15, 0.2) is 0 Å². The number of aromatic nitrogens is 2. The first-order valence-corrected chi connectivity index (χ1v) is 10.4. The highest BCUT2D eigenvalue weighted by Crippen LogP contribution is 2.16. The van der Waals surface area contributed by atoms with E-state index >= 15 is 0 Å². The molecule has 3 rings (SSSR count). The number of nitrogens with one attached hydrogen (secondary N) is 1. The number of aryl methyl sites for hydroxylation is 1. The second-order valence-corrected chi connectivity index (χ2v) is 8.27. The van der Waals surface area contributed by atoms with E-state index in [1.165, 1.54) is 12.1 Å². The van der Waals surface area contributed by atoms with E-state index in [0.29, 0.717) is 18.5 Å². The smallest absolute Gasteiger partial charge is 0.240 e. The van der Waals surface area contributed by atoms with Crippen LogP contribution in [0.25, 0.3) is 0 Å². The second-order valence-electron chi connectivity index (χ2n) is 6.54. The summed E-state index contributed by atoms with van der Waals surface area (Å²) in [6.07, 6.45) is 4.16. The van der Waals surface area contributed by atoms with Gasteiger partial charge >= 0.3 is 0 Å². The van der Waals surface area contributed by atoms with Gasteiger partial charge in [0, 0.05) is 45.1 Å². The van der Waals surface area contributed by atoms with Gasteiger partial charge in [-0.25, -0.2) is 27.5 Å². The van der Waals surface area contributed by atoms with Crippen LogP contribution in [0, 0.1) is 12.7 Å². The highest BCUT2D eigenvalue weighted by atomic mass is 32.2. The Labute approximate surface area is 159 Å². The summed E-state index contributed by atoms with van der Waals surface area (Å²) >= 11 is 0. The van der Waals surface area contributed by atoms with Crippen LogP contribution in [0.5, 0.6) is 0 Å². The maximum Gasteiger partial charge on any atom is 0.240 e. The Morgan fingerprint density at radius 1 is 1.15 bits per heavy atom. The lowest BCUT2D eigenvalue weighted by Crippen LogP contribution is -2.47. The summed E-state index contributed by atoms with van der Waals surface area (Å²) < 4.78 is 40.6. The topological polar surface area (TPSA) is 78.4 Å². The third kappa shape index (κ3) is 5.21. The number of anilines is 1. The molecule has 2 heterocycles. The molecule has 0 unspecified atom stereocenters. The van der Waals surface area contributed by atoms with E-state index in [2.05, 4.69) is 24.5 Å². The Kier molecular flexibility index (Phi) is 6.35. The molecule has 2 aromatic rings. The quantitative estimate of drug-likeness (QED) is 0.717. The SMILES string of the molecule is Cc1ccc(F)cc1S(=O)(=O)NCCCN1CCN(c2ncccn2)CC1. The zero-order valence-electron chi connectivity index (χ0n) is 15.3. The molecule has 0 saturated carbocycles. The summed E-state index contributed by atoms with van der Waals surface area (Å²) in [5.41, 5.74) is 0.531. The zero-order valence-corrected chi connectivity index (χ0v) is 16.1. The van der Waals surface area contributed by atoms with Crippen LogP contribution >= 0.6 is 0 Å². The first kappa shape index (κ1) is 19.7. The van der Waals surface area contributed by atoms with Crippen molar-refractivity contribution < 1.29 is 12.8 Å². The van der Waals surface area contributed by atoms with Gasteiger partial charge in [0.05, 0.1) is 4.90 Å². The van der Waals surface area contributed by atoms with Crippen molar-refractivity contribution in [3.8, 4) is 0 Å². The Bertz CT molecular complexity index is 855. The van der Waals surface area contributed by atoms with Crippen molar-refractivity contribution in [3.63, 3.8) is 0 Å².